The van der Waals surface area contributed by atoms with Crippen molar-refractivity contribution >= 4 is 12.0 Å². The predicted octanol–water partition coefficient (Wildman–Crippen LogP) is 3.39. The highest BCUT2D eigenvalue weighted by atomic mass is 19.4. The Kier molecular flexibility index (Phi) is 4.88. The van der Waals surface area contributed by atoms with Crippen LogP contribution in [0.2, 0.25) is 0 Å². The van der Waals surface area contributed by atoms with Gasteiger partial charge in [-0.1, -0.05) is 24.3 Å². The average Bonchev–Trinajstić information content (AvgIpc) is 2.52. The molecule has 0 aliphatic heterocycles. The third-order valence-corrected chi connectivity index (χ3v) is 3.15. The topological polar surface area (TPSA) is 40.5 Å². The lowest BCUT2D eigenvalue weighted by Crippen LogP contribution is -2.14. The number of nitrogens with one attached hydrogen (secondary N) is 1. The molecule has 0 unspecified atom stereocenters. The first-order valence-electron chi connectivity index (χ1n) is 6.88. The van der Waals surface area contributed by atoms with E-state index >= 15 is 0 Å². The molecule has 0 aliphatic rings. The van der Waals surface area contributed by atoms with Gasteiger partial charge in [-0.05, 0) is 17.7 Å². The van der Waals surface area contributed by atoms with Crippen LogP contribution >= 0.6 is 0 Å². The molecule has 23 heavy (non-hydrogen) atoms. The van der Waals surface area contributed by atoms with Gasteiger partial charge in [0.25, 0.3) is 0 Å². The first kappa shape index (κ1) is 16.8. The molecule has 0 atom stereocenters. The molecule has 1 N–H and O–H groups in total. The molecule has 0 aliphatic carbocycles. The molecular formula is C16H17F3N4. The summed E-state index contributed by atoms with van der Waals surface area (Å²) in [4.78, 5) is 5.84. The second-order valence-electron chi connectivity index (χ2n) is 5.10. The molecule has 122 valence electrons. The summed E-state index contributed by atoms with van der Waals surface area (Å²) in [7, 11) is 4.99. The zero-order valence-electron chi connectivity index (χ0n) is 13.0. The summed E-state index contributed by atoms with van der Waals surface area (Å²) in [6.07, 6.45) is -2.80. The molecule has 0 bridgehead atoms. The third-order valence-electron chi connectivity index (χ3n) is 3.15. The number of aromatic nitrogens is 1. The molecule has 2 aromatic rings. The van der Waals surface area contributed by atoms with Gasteiger partial charge in [-0.15, -0.1) is 0 Å². The summed E-state index contributed by atoms with van der Waals surface area (Å²) in [5.74, 6) is 0.260. The van der Waals surface area contributed by atoms with Crippen molar-refractivity contribution in [1.29, 1.82) is 0 Å². The van der Waals surface area contributed by atoms with Crippen LogP contribution in [0.5, 0.6) is 0 Å². The van der Waals surface area contributed by atoms with Gasteiger partial charge >= 0.3 is 6.18 Å². The minimum atomic E-state index is -4.41. The van der Waals surface area contributed by atoms with E-state index in [0.29, 0.717) is 5.56 Å². The fraction of sp³-hybridized carbons (Fsp3) is 0.250. The number of alkyl halides is 3. The van der Waals surface area contributed by atoms with Crippen LogP contribution in [0.3, 0.4) is 0 Å². The molecule has 0 saturated carbocycles. The Balaban J connectivity index is 2.45. The highest BCUT2D eigenvalue weighted by Crippen LogP contribution is 2.33. The minimum Gasteiger partial charge on any atom is -0.363 e. The van der Waals surface area contributed by atoms with E-state index in [1.807, 2.05) is 0 Å². The van der Waals surface area contributed by atoms with Gasteiger partial charge in [0.05, 0.1) is 17.5 Å². The molecule has 0 saturated heterocycles. The summed E-state index contributed by atoms with van der Waals surface area (Å²) in [5, 5.41) is 3.88. The van der Waals surface area contributed by atoms with E-state index in [4.69, 9.17) is 0 Å². The first-order chi connectivity index (χ1) is 10.8. The number of hydrogen-bond donors (Lipinski definition) is 1. The molecule has 1 heterocycles. The van der Waals surface area contributed by atoms with Crippen LogP contribution in [0.4, 0.5) is 19.0 Å². The van der Waals surface area contributed by atoms with E-state index in [2.05, 4.69) is 15.5 Å². The molecule has 2 rings (SSSR count). The molecule has 7 heteroatoms. The lowest BCUT2D eigenvalue weighted by molar-refractivity contribution is -0.137. The molecule has 0 amide bonds. The van der Waals surface area contributed by atoms with Crippen molar-refractivity contribution in [2.75, 3.05) is 26.0 Å². The number of hydrogen-bond acceptors (Lipinski definition) is 4. The van der Waals surface area contributed by atoms with Crippen LogP contribution in [0.25, 0.3) is 11.3 Å². The van der Waals surface area contributed by atoms with E-state index in [9.17, 15) is 13.2 Å². The van der Waals surface area contributed by atoms with E-state index in [1.165, 1.54) is 0 Å². The molecule has 0 radical (unpaired) electrons. The third kappa shape index (κ3) is 4.21. The van der Waals surface area contributed by atoms with Gasteiger partial charge in [-0.2, -0.15) is 18.3 Å². The summed E-state index contributed by atoms with van der Waals surface area (Å²) < 4.78 is 39.2. The average molecular weight is 322 g/mol. The maximum Gasteiger partial charge on any atom is 0.416 e. The number of hydrazone groups is 1. The highest BCUT2D eigenvalue weighted by Gasteiger charge is 2.32. The van der Waals surface area contributed by atoms with E-state index in [1.54, 1.807) is 56.5 Å². The van der Waals surface area contributed by atoms with E-state index < -0.39 is 11.7 Å². The van der Waals surface area contributed by atoms with Crippen LogP contribution in [0.15, 0.2) is 41.5 Å². The monoisotopic (exact) mass is 322 g/mol. The number of nitrogens with zero attached hydrogens (tertiary/aromatic N) is 3. The smallest absolute Gasteiger partial charge is 0.363 e. The van der Waals surface area contributed by atoms with E-state index in [-0.39, 0.29) is 11.5 Å². The Labute approximate surface area is 132 Å². The second-order valence-corrected chi connectivity index (χ2v) is 5.10. The summed E-state index contributed by atoms with van der Waals surface area (Å²) in [5.41, 5.74) is 3.64. The fourth-order valence-electron chi connectivity index (χ4n) is 1.94. The zero-order valence-corrected chi connectivity index (χ0v) is 13.0. The largest absolute Gasteiger partial charge is 0.416 e. The van der Waals surface area contributed by atoms with Gasteiger partial charge in [-0.25, -0.2) is 4.98 Å². The Hall–Kier alpha value is -2.57. The number of benzene rings is 1. The van der Waals surface area contributed by atoms with Crippen LogP contribution in [0, 0.1) is 0 Å². The van der Waals surface area contributed by atoms with Gasteiger partial charge in [0.15, 0.2) is 0 Å². The number of halogens is 3. The maximum atomic E-state index is 13.1. The van der Waals surface area contributed by atoms with Crippen molar-refractivity contribution in [3.05, 3.63) is 47.5 Å². The predicted molar refractivity (Wildman–Crippen MR) is 85.7 cm³/mol. The molecule has 1 aromatic carbocycles. The molecule has 0 fully saturated rings. The molecule has 4 nitrogen and oxygen atoms in total. The van der Waals surface area contributed by atoms with Gasteiger partial charge in [0.1, 0.15) is 5.82 Å². The SMILES string of the molecule is CN/N=C/c1ccc(-c2cc(C(F)(F)F)cc(N(C)C)n2)cc1. The number of pyridine rings is 1. The normalized spacial score (nSPS) is 11.7. The molecule has 0 spiro atoms. The van der Waals surface area contributed by atoms with Crippen molar-refractivity contribution in [2.45, 2.75) is 6.18 Å². The first-order valence-corrected chi connectivity index (χ1v) is 6.88. The van der Waals surface area contributed by atoms with Crippen LogP contribution in [-0.4, -0.2) is 32.3 Å². The Morgan fingerprint density at radius 3 is 2.30 bits per heavy atom. The van der Waals surface area contributed by atoms with Crippen LogP contribution in [0.1, 0.15) is 11.1 Å². The zero-order chi connectivity index (χ0) is 17.0. The van der Waals surface area contributed by atoms with Crippen LogP contribution < -0.4 is 10.3 Å². The number of anilines is 1. The van der Waals surface area contributed by atoms with Crippen molar-refractivity contribution in [1.82, 2.24) is 10.4 Å². The van der Waals surface area contributed by atoms with Crippen molar-refractivity contribution < 1.29 is 13.2 Å². The minimum absolute atomic E-state index is 0.260. The molecule has 1 aromatic heterocycles. The maximum absolute atomic E-state index is 13.1. The van der Waals surface area contributed by atoms with Crippen molar-refractivity contribution in [3.8, 4) is 11.3 Å². The quantitative estimate of drug-likeness (QED) is 0.693. The summed E-state index contributed by atoms with van der Waals surface area (Å²) in [6.45, 7) is 0. The Morgan fingerprint density at radius 2 is 1.78 bits per heavy atom. The molecular weight excluding hydrogens is 305 g/mol. The Bertz CT molecular complexity index is 691. The van der Waals surface area contributed by atoms with Gasteiger partial charge < -0.3 is 10.3 Å². The summed E-state index contributed by atoms with van der Waals surface area (Å²) >= 11 is 0. The highest BCUT2D eigenvalue weighted by molar-refractivity contribution is 5.80. The second kappa shape index (κ2) is 6.68. The van der Waals surface area contributed by atoms with Crippen LogP contribution in [-0.2, 0) is 6.18 Å². The summed E-state index contributed by atoms with van der Waals surface area (Å²) in [6, 6.07) is 9.08. The van der Waals surface area contributed by atoms with Gasteiger partial charge in [0.2, 0.25) is 0 Å². The Morgan fingerprint density at radius 1 is 1.13 bits per heavy atom. The van der Waals surface area contributed by atoms with Crippen molar-refractivity contribution in [2.24, 2.45) is 5.10 Å². The fourth-order valence-corrected chi connectivity index (χ4v) is 1.94. The van der Waals surface area contributed by atoms with Gasteiger partial charge in [0, 0.05) is 26.7 Å². The lowest BCUT2D eigenvalue weighted by atomic mass is 10.1. The van der Waals surface area contributed by atoms with Crippen molar-refractivity contribution in [3.63, 3.8) is 0 Å². The van der Waals surface area contributed by atoms with E-state index in [0.717, 1.165) is 17.7 Å². The standard InChI is InChI=1S/C16H17F3N4/c1-20-21-10-11-4-6-12(7-5-11)14-8-13(16(17,18)19)9-15(22-14)23(2)3/h4-10,20H,1-3H3/b21-10+. The number of rotatable bonds is 4. The lowest BCUT2D eigenvalue weighted by Gasteiger charge is -2.16. The van der Waals surface area contributed by atoms with Gasteiger partial charge in [-0.3, -0.25) is 0 Å².